The molecule has 0 radical (unpaired) electrons. The van der Waals surface area contributed by atoms with E-state index < -0.39 is 0 Å². The van der Waals surface area contributed by atoms with Gasteiger partial charge in [-0.2, -0.15) is 0 Å². The van der Waals surface area contributed by atoms with Gasteiger partial charge in [-0.15, -0.1) is 5.01 Å². The maximum absolute atomic E-state index is 12.0. The second-order valence-corrected chi connectivity index (χ2v) is 5.94. The normalized spacial score (nSPS) is 24.1. The van der Waals surface area contributed by atoms with Gasteiger partial charge in [0.2, 0.25) is 12.5 Å². The minimum Gasteiger partial charge on any atom is -0.346 e. The number of hydrogen-bond acceptors (Lipinski definition) is 3. The highest BCUT2D eigenvalue weighted by atomic mass is 35.5. The van der Waals surface area contributed by atoms with Crippen LogP contribution >= 0.6 is 11.6 Å². The summed E-state index contributed by atoms with van der Waals surface area (Å²) < 4.78 is 0. The fraction of sp³-hybridized carbons (Fsp3) is 0.400. The molecule has 6 nitrogen and oxygen atoms in total. The van der Waals surface area contributed by atoms with Crippen LogP contribution in [0.3, 0.4) is 0 Å². The quantitative estimate of drug-likeness (QED) is 0.678. The molecule has 2 unspecified atom stereocenters. The molecule has 1 N–H and O–H groups in total. The van der Waals surface area contributed by atoms with Crippen LogP contribution in [0, 0.1) is 4.91 Å². The molecule has 0 spiro atoms. The molecular weight excluding hydrogens is 304 g/mol. The van der Waals surface area contributed by atoms with Gasteiger partial charge in [-0.25, -0.2) is 0 Å². The molecule has 0 saturated carbocycles. The third kappa shape index (κ3) is 2.78. The van der Waals surface area contributed by atoms with Crippen molar-refractivity contribution in [3.8, 4) is 0 Å². The van der Waals surface area contributed by atoms with Crippen molar-refractivity contribution in [1.82, 2.24) is 10.3 Å². The number of nitrogens with one attached hydrogen (secondary N) is 1. The van der Waals surface area contributed by atoms with Crippen molar-refractivity contribution in [2.75, 3.05) is 24.5 Å². The lowest BCUT2D eigenvalue weighted by Crippen LogP contribution is -2.62. The average Bonchev–Trinajstić information content (AvgIpc) is 2.89. The number of halogens is 1. The number of hydrazine groups is 1. The summed E-state index contributed by atoms with van der Waals surface area (Å²) >= 11 is 5.95. The molecule has 2 aliphatic rings. The summed E-state index contributed by atoms with van der Waals surface area (Å²) in [7, 11) is 0. The van der Waals surface area contributed by atoms with E-state index in [1.165, 1.54) is 6.08 Å². The van der Waals surface area contributed by atoms with Gasteiger partial charge in [-0.3, -0.25) is 4.79 Å². The standard InChI is InChI=1S/C15H17ClN4O2/c1-2-14(21)17-12-9-18(13-5-3-11(16)4-6-13)15-7-8-20(22)19(15)10-12/h2-6,12,15H,1,7-10H2/p+1. The maximum Gasteiger partial charge on any atom is 0.243 e. The van der Waals surface area contributed by atoms with Crippen molar-refractivity contribution in [3.05, 3.63) is 46.9 Å². The van der Waals surface area contributed by atoms with Crippen LogP contribution in [0.25, 0.3) is 0 Å². The molecule has 1 aromatic rings. The Morgan fingerprint density at radius 3 is 2.77 bits per heavy atom. The van der Waals surface area contributed by atoms with Gasteiger partial charge in [0.25, 0.3) is 0 Å². The Kier molecular flexibility index (Phi) is 4.02. The summed E-state index contributed by atoms with van der Waals surface area (Å²) in [6, 6.07) is 7.40. The van der Waals surface area contributed by atoms with E-state index >= 15 is 0 Å². The van der Waals surface area contributed by atoms with E-state index in [-0.39, 0.29) is 18.1 Å². The smallest absolute Gasteiger partial charge is 0.243 e. The van der Waals surface area contributed by atoms with E-state index in [0.717, 1.165) is 17.0 Å². The van der Waals surface area contributed by atoms with Crippen LogP contribution in [0.15, 0.2) is 36.9 Å². The van der Waals surface area contributed by atoms with Crippen LogP contribution in [-0.2, 0) is 4.79 Å². The molecule has 116 valence electrons. The number of fused-ring (bicyclic) bond motifs is 1. The molecule has 7 heteroatoms. The fourth-order valence-electron chi connectivity index (χ4n) is 3.09. The van der Waals surface area contributed by atoms with Crippen LogP contribution in [-0.4, -0.2) is 47.6 Å². The summed E-state index contributed by atoms with van der Waals surface area (Å²) in [6.45, 7) is 5.10. The van der Waals surface area contributed by atoms with E-state index in [1.807, 2.05) is 24.3 Å². The molecule has 0 bridgehead atoms. The predicted octanol–water partition coefficient (Wildman–Crippen LogP) is 1.56. The zero-order chi connectivity index (χ0) is 15.7. The zero-order valence-corrected chi connectivity index (χ0v) is 12.9. The highest BCUT2D eigenvalue weighted by Gasteiger charge is 2.47. The Hall–Kier alpha value is -2.08. The van der Waals surface area contributed by atoms with Gasteiger partial charge >= 0.3 is 0 Å². The molecule has 2 aliphatic heterocycles. The van der Waals surface area contributed by atoms with Crippen molar-refractivity contribution in [1.29, 1.82) is 0 Å². The van der Waals surface area contributed by atoms with Crippen molar-refractivity contribution in [2.45, 2.75) is 18.6 Å². The number of hydrogen-bond donors (Lipinski definition) is 1. The van der Waals surface area contributed by atoms with Crippen molar-refractivity contribution in [3.63, 3.8) is 0 Å². The number of carbonyl (C=O) groups excluding carboxylic acids is 1. The largest absolute Gasteiger partial charge is 0.346 e. The van der Waals surface area contributed by atoms with Gasteiger partial charge in [-0.1, -0.05) is 18.2 Å². The Morgan fingerprint density at radius 2 is 2.09 bits per heavy atom. The van der Waals surface area contributed by atoms with Crippen LogP contribution < -0.4 is 10.2 Å². The average molecular weight is 322 g/mol. The lowest BCUT2D eigenvalue weighted by Gasteiger charge is -2.40. The molecule has 2 heterocycles. The second kappa shape index (κ2) is 5.96. The number of rotatable bonds is 3. The third-order valence-electron chi connectivity index (χ3n) is 4.08. The van der Waals surface area contributed by atoms with Crippen LogP contribution in [0.1, 0.15) is 6.42 Å². The summed E-state index contributed by atoms with van der Waals surface area (Å²) in [5, 5.41) is 5.32. The van der Waals surface area contributed by atoms with Crippen molar-refractivity contribution < 1.29 is 9.66 Å². The van der Waals surface area contributed by atoms with Gasteiger partial charge in [0, 0.05) is 17.3 Å². The first-order chi connectivity index (χ1) is 10.6. The van der Waals surface area contributed by atoms with Gasteiger partial charge < -0.3 is 10.2 Å². The molecule has 1 amide bonds. The molecule has 0 aromatic heterocycles. The highest BCUT2D eigenvalue weighted by molar-refractivity contribution is 6.30. The highest BCUT2D eigenvalue weighted by Crippen LogP contribution is 2.29. The number of benzene rings is 1. The molecule has 0 aliphatic carbocycles. The summed E-state index contributed by atoms with van der Waals surface area (Å²) in [5.74, 6) is -0.226. The number of nitroso groups, excluding NO2 is 1. The van der Waals surface area contributed by atoms with Crippen LogP contribution in [0.4, 0.5) is 5.69 Å². The Morgan fingerprint density at radius 1 is 1.36 bits per heavy atom. The molecule has 2 atom stereocenters. The van der Waals surface area contributed by atoms with E-state index in [4.69, 9.17) is 11.6 Å². The van der Waals surface area contributed by atoms with Crippen molar-refractivity contribution >= 4 is 23.2 Å². The molecule has 1 aromatic carbocycles. The van der Waals surface area contributed by atoms with Crippen LogP contribution in [0.2, 0.25) is 5.02 Å². The first-order valence-electron chi connectivity index (χ1n) is 7.25. The number of nitrogens with zero attached hydrogens (tertiary/aromatic N) is 3. The Bertz CT molecular complexity index is 604. The summed E-state index contributed by atoms with van der Waals surface area (Å²) in [4.78, 5) is 26.7. The predicted molar refractivity (Wildman–Crippen MR) is 84.5 cm³/mol. The van der Waals surface area contributed by atoms with E-state index in [1.54, 1.807) is 5.01 Å². The summed E-state index contributed by atoms with van der Waals surface area (Å²) in [5.41, 5.74) is 0.993. The zero-order valence-electron chi connectivity index (χ0n) is 12.1. The van der Waals surface area contributed by atoms with E-state index in [0.29, 0.717) is 24.7 Å². The molecule has 3 rings (SSSR count). The van der Waals surface area contributed by atoms with E-state index in [9.17, 15) is 9.70 Å². The number of carbonyl (C=O) groups is 1. The number of amides is 1. The third-order valence-corrected chi connectivity index (χ3v) is 4.34. The second-order valence-electron chi connectivity index (χ2n) is 5.51. The van der Waals surface area contributed by atoms with Crippen molar-refractivity contribution in [2.24, 2.45) is 0 Å². The van der Waals surface area contributed by atoms with E-state index in [2.05, 4.69) is 16.8 Å². The first-order valence-corrected chi connectivity index (χ1v) is 7.62. The van der Waals surface area contributed by atoms with Gasteiger partial charge in [0.15, 0.2) is 6.17 Å². The van der Waals surface area contributed by atoms with Gasteiger partial charge in [-0.05, 0) is 30.3 Å². The molecular formula is C15H18ClN4O2+. The molecule has 2 fully saturated rings. The Balaban J connectivity index is 1.85. The molecule has 22 heavy (non-hydrogen) atoms. The molecule has 2 saturated heterocycles. The Labute approximate surface area is 133 Å². The minimum absolute atomic E-state index is 0.0237. The minimum atomic E-state index is -0.226. The van der Waals surface area contributed by atoms with Gasteiger partial charge in [0.1, 0.15) is 11.4 Å². The summed E-state index contributed by atoms with van der Waals surface area (Å²) in [6.07, 6.45) is 2.04. The lowest BCUT2D eigenvalue weighted by atomic mass is 10.1. The SMILES string of the molecule is C=CC(=O)NC1CN(c2ccc(Cl)cc2)C2CC[N+](=O)N2C1. The van der Waals surface area contributed by atoms with Crippen LogP contribution in [0.5, 0.6) is 0 Å². The maximum atomic E-state index is 12.0. The monoisotopic (exact) mass is 321 g/mol. The van der Waals surface area contributed by atoms with Gasteiger partial charge in [0.05, 0.1) is 17.4 Å². The first kappa shape index (κ1) is 14.8. The number of anilines is 1. The topological polar surface area (TPSA) is 55.7 Å². The fourth-order valence-corrected chi connectivity index (χ4v) is 3.21. The lowest BCUT2D eigenvalue weighted by molar-refractivity contribution is -0.691.